The Morgan fingerprint density at radius 1 is 1.29 bits per heavy atom. The van der Waals surface area contributed by atoms with Crippen molar-refractivity contribution in [3.05, 3.63) is 33.8 Å². The fourth-order valence-corrected chi connectivity index (χ4v) is 3.37. The Morgan fingerprint density at radius 2 is 1.86 bits per heavy atom. The number of hydrogen-bond donors (Lipinski definition) is 2. The molecule has 0 aromatic heterocycles. The maximum absolute atomic E-state index is 14.2. The quantitative estimate of drug-likeness (QED) is 0.741. The molecule has 2 atom stereocenters. The average molecular weight is 384 g/mol. The molecule has 0 bridgehead atoms. The largest absolute Gasteiger partial charge is 0.396 e. The molecule has 0 aliphatic rings. The van der Waals surface area contributed by atoms with E-state index < -0.39 is 32.8 Å². The van der Waals surface area contributed by atoms with Gasteiger partial charge in [-0.05, 0) is 59.7 Å². The lowest BCUT2D eigenvalue weighted by Crippen LogP contribution is -2.40. The average Bonchev–Trinajstić information content (AvgIpc) is 2.33. The fraction of sp³-hybridized carbons (Fsp3) is 0.571. The van der Waals surface area contributed by atoms with Crippen LogP contribution >= 0.6 is 15.9 Å². The number of aliphatic hydroxyl groups excluding tert-OH is 1. The van der Waals surface area contributed by atoms with Gasteiger partial charge in [0.2, 0.25) is 0 Å². The van der Waals surface area contributed by atoms with Gasteiger partial charge in [-0.15, -0.1) is 0 Å². The Balaban J connectivity index is 3.34. The van der Waals surface area contributed by atoms with Gasteiger partial charge in [-0.25, -0.2) is 13.0 Å². The molecule has 3 nitrogen and oxygen atoms in total. The molecular weight excluding hydrogens is 364 g/mol. The highest BCUT2D eigenvalue weighted by atomic mass is 79.9. The first-order chi connectivity index (χ1) is 9.53. The highest BCUT2D eigenvalue weighted by Crippen LogP contribution is 2.40. The lowest BCUT2D eigenvalue weighted by molar-refractivity contribution is 0.227. The summed E-state index contributed by atoms with van der Waals surface area (Å²) in [5, 5.41) is 14.8. The first-order valence-corrected chi connectivity index (χ1v) is 8.46. The van der Waals surface area contributed by atoms with Crippen molar-refractivity contribution in [2.75, 3.05) is 6.61 Å². The molecule has 0 saturated carbocycles. The van der Waals surface area contributed by atoms with Crippen molar-refractivity contribution in [1.82, 2.24) is 0 Å². The maximum Gasteiger partial charge on any atom is 0.140 e. The zero-order valence-electron chi connectivity index (χ0n) is 12.3. The third-order valence-corrected chi connectivity index (χ3v) is 5.53. The van der Waals surface area contributed by atoms with Crippen molar-refractivity contribution in [2.24, 2.45) is 5.14 Å². The van der Waals surface area contributed by atoms with Gasteiger partial charge in [0.1, 0.15) is 11.6 Å². The van der Waals surface area contributed by atoms with Crippen LogP contribution in [-0.2, 0) is 16.4 Å². The van der Waals surface area contributed by atoms with Crippen LogP contribution in [0.4, 0.5) is 8.78 Å². The maximum atomic E-state index is 14.2. The number of aliphatic hydroxyl groups is 1. The van der Waals surface area contributed by atoms with E-state index in [-0.39, 0.29) is 23.1 Å². The second-order valence-corrected chi connectivity index (χ2v) is 8.57. The van der Waals surface area contributed by atoms with Crippen molar-refractivity contribution >= 4 is 26.9 Å². The molecule has 0 aliphatic carbocycles. The summed E-state index contributed by atoms with van der Waals surface area (Å²) >= 11 is 3.04. The minimum atomic E-state index is -1.61. The molecule has 1 aromatic rings. The summed E-state index contributed by atoms with van der Waals surface area (Å²) in [5.41, 5.74) is -0.545. The van der Waals surface area contributed by atoms with Crippen LogP contribution in [0.5, 0.6) is 0 Å². The number of nitrogens with two attached hydrogens (primary N) is 1. The summed E-state index contributed by atoms with van der Waals surface area (Å²) < 4.78 is 38.6. The van der Waals surface area contributed by atoms with Crippen LogP contribution in [0.2, 0.25) is 0 Å². The van der Waals surface area contributed by atoms with Gasteiger partial charge in [-0.1, -0.05) is 6.92 Å². The molecule has 1 aromatic carbocycles. The van der Waals surface area contributed by atoms with E-state index in [1.165, 1.54) is 6.07 Å². The second-order valence-electron chi connectivity index (χ2n) is 6.01. The summed E-state index contributed by atoms with van der Waals surface area (Å²) in [6.07, 6.45) is 0.543. The van der Waals surface area contributed by atoms with Crippen LogP contribution < -0.4 is 5.14 Å². The molecule has 0 heterocycles. The van der Waals surface area contributed by atoms with Gasteiger partial charge in [0, 0.05) is 12.7 Å². The Kier molecular flexibility index (Phi) is 6.06. The van der Waals surface area contributed by atoms with Gasteiger partial charge in [-0.2, -0.15) is 0 Å². The van der Waals surface area contributed by atoms with Crippen molar-refractivity contribution in [1.29, 1.82) is 0 Å². The summed E-state index contributed by atoms with van der Waals surface area (Å²) in [6, 6.07) is 2.18. The molecule has 0 spiro atoms. The van der Waals surface area contributed by atoms with Gasteiger partial charge in [-0.3, -0.25) is 5.14 Å². The van der Waals surface area contributed by atoms with Crippen LogP contribution in [-0.4, -0.2) is 20.7 Å². The van der Waals surface area contributed by atoms with E-state index in [0.717, 1.165) is 6.07 Å². The van der Waals surface area contributed by atoms with Crippen molar-refractivity contribution in [3.63, 3.8) is 0 Å². The lowest BCUT2D eigenvalue weighted by Gasteiger charge is -2.36. The van der Waals surface area contributed by atoms with E-state index in [4.69, 9.17) is 5.14 Å². The summed E-state index contributed by atoms with van der Waals surface area (Å²) in [4.78, 5) is 0. The topological polar surface area (TPSA) is 63.3 Å². The molecule has 0 aliphatic heterocycles. The molecule has 1 unspecified atom stereocenters. The fourth-order valence-electron chi connectivity index (χ4n) is 2.56. The SMILES string of the molecule is CC(C)(C[C@](C)(CCO)c1cc(Br)c(F)cc1F)S(N)=O. The van der Waals surface area contributed by atoms with E-state index in [0.29, 0.717) is 6.42 Å². The Labute approximate surface area is 134 Å². The van der Waals surface area contributed by atoms with Crippen molar-refractivity contribution < 1.29 is 18.1 Å². The first-order valence-electron chi connectivity index (χ1n) is 6.46. The zero-order valence-corrected chi connectivity index (χ0v) is 14.7. The van der Waals surface area contributed by atoms with Gasteiger partial charge in [0.05, 0.1) is 20.2 Å². The molecule has 120 valence electrons. The van der Waals surface area contributed by atoms with E-state index in [2.05, 4.69) is 15.9 Å². The molecule has 7 heteroatoms. The van der Waals surface area contributed by atoms with Gasteiger partial charge >= 0.3 is 0 Å². The van der Waals surface area contributed by atoms with Crippen molar-refractivity contribution in [3.8, 4) is 0 Å². The molecular formula is C14H20BrF2NO2S. The van der Waals surface area contributed by atoms with Crippen LogP contribution in [0.25, 0.3) is 0 Å². The monoisotopic (exact) mass is 383 g/mol. The molecule has 0 radical (unpaired) electrons. The second kappa shape index (κ2) is 6.81. The van der Waals surface area contributed by atoms with Crippen LogP contribution in [0.15, 0.2) is 16.6 Å². The molecule has 0 fully saturated rings. The molecule has 21 heavy (non-hydrogen) atoms. The molecule has 1 rings (SSSR count). The highest BCUT2D eigenvalue weighted by Gasteiger charge is 2.38. The van der Waals surface area contributed by atoms with Crippen molar-refractivity contribution in [2.45, 2.75) is 43.8 Å². The lowest BCUT2D eigenvalue weighted by atomic mass is 9.73. The van der Waals surface area contributed by atoms with Gasteiger partial charge in [0.25, 0.3) is 0 Å². The molecule has 3 N–H and O–H groups in total. The Morgan fingerprint density at radius 3 is 2.33 bits per heavy atom. The van der Waals surface area contributed by atoms with Crippen LogP contribution in [0.3, 0.4) is 0 Å². The van der Waals surface area contributed by atoms with Gasteiger partial charge in [0.15, 0.2) is 0 Å². The number of hydrogen-bond acceptors (Lipinski definition) is 2. The normalized spacial score (nSPS) is 16.6. The smallest absolute Gasteiger partial charge is 0.140 e. The standard InChI is InChI=1S/C14H20BrF2NO2S/c1-13(2,21(18)20)8-14(3,4-5-19)9-6-10(15)12(17)7-11(9)16/h6-7,19H,4-5,8,18H2,1-3H3/t14-,21?/m0/s1. The highest BCUT2D eigenvalue weighted by molar-refractivity contribution is 9.10. The summed E-state index contributed by atoms with van der Waals surface area (Å²) in [5.74, 6) is -1.38. The minimum Gasteiger partial charge on any atom is -0.396 e. The number of rotatable bonds is 6. The van der Waals surface area contributed by atoms with E-state index >= 15 is 0 Å². The number of halogens is 3. The molecule has 0 amide bonds. The Bertz CT molecular complexity index is 554. The zero-order chi connectivity index (χ0) is 16.4. The number of benzene rings is 1. The third kappa shape index (κ3) is 4.31. The molecule has 0 saturated heterocycles. The van der Waals surface area contributed by atoms with E-state index in [1.54, 1.807) is 20.8 Å². The predicted octanol–water partition coefficient (Wildman–Crippen LogP) is 3.16. The summed E-state index contributed by atoms with van der Waals surface area (Å²) in [6.45, 7) is 5.02. The van der Waals surface area contributed by atoms with E-state index in [1.807, 2.05) is 0 Å². The first kappa shape index (κ1) is 18.7. The third-order valence-electron chi connectivity index (χ3n) is 3.68. The van der Waals surface area contributed by atoms with Crippen LogP contribution in [0.1, 0.15) is 39.2 Å². The van der Waals surface area contributed by atoms with Gasteiger partial charge < -0.3 is 5.11 Å². The Hall–Kier alpha value is -0.370. The van der Waals surface area contributed by atoms with Crippen LogP contribution in [0, 0.1) is 11.6 Å². The predicted molar refractivity (Wildman–Crippen MR) is 84.1 cm³/mol. The minimum absolute atomic E-state index is 0.148. The van der Waals surface area contributed by atoms with E-state index in [9.17, 15) is 18.1 Å². The summed E-state index contributed by atoms with van der Waals surface area (Å²) in [7, 11) is -1.61.